The predicted molar refractivity (Wildman–Crippen MR) is 207 cm³/mol. The van der Waals surface area contributed by atoms with Crippen molar-refractivity contribution in [3.05, 3.63) is 166 Å². The predicted octanol–water partition coefficient (Wildman–Crippen LogP) is 10.9. The highest BCUT2D eigenvalue weighted by molar-refractivity contribution is 7.84. The molecule has 0 saturated carbocycles. The summed E-state index contributed by atoms with van der Waals surface area (Å²) < 4.78 is 6.01. The molecule has 0 aliphatic heterocycles. The average molecular weight is 641 g/mol. The van der Waals surface area contributed by atoms with Crippen molar-refractivity contribution in [2.75, 3.05) is 6.54 Å². The molecule has 3 aliphatic carbocycles. The molecule has 4 aromatic carbocycles. The maximum Gasteiger partial charge on any atom is 0.136 e. The molecule has 4 heteroatoms. The van der Waals surface area contributed by atoms with Crippen molar-refractivity contribution in [3.63, 3.8) is 0 Å². The molecule has 48 heavy (non-hydrogen) atoms. The topological polar surface area (TPSA) is 37.9 Å². The van der Waals surface area contributed by atoms with Crippen molar-refractivity contribution >= 4 is 58.3 Å². The number of hydrogen-bond acceptors (Lipinski definition) is 4. The minimum absolute atomic E-state index is 0.313. The van der Waals surface area contributed by atoms with Crippen LogP contribution < -0.4 is 0 Å². The quantitative estimate of drug-likeness (QED) is 0.112. The lowest BCUT2D eigenvalue weighted by atomic mass is 9.84. The number of thiol groups is 1. The van der Waals surface area contributed by atoms with Crippen LogP contribution in [-0.4, -0.2) is 19.0 Å². The third-order valence-corrected chi connectivity index (χ3v) is 9.40. The van der Waals surface area contributed by atoms with Gasteiger partial charge in [0.2, 0.25) is 0 Å². The molecule has 0 N–H and O–H groups in total. The second-order valence-electron chi connectivity index (χ2n) is 11.9. The molecule has 1 unspecified atom stereocenters. The Morgan fingerprint density at radius 3 is 2.60 bits per heavy atom. The van der Waals surface area contributed by atoms with Crippen LogP contribution in [0.3, 0.4) is 0 Å². The largest absolute Gasteiger partial charge is 0.456 e. The van der Waals surface area contributed by atoms with Gasteiger partial charge in [0.05, 0.1) is 11.4 Å². The number of allylic oxidation sites excluding steroid dienone is 9. The molecule has 5 aromatic rings. The molecular weight excluding hydrogens is 605 g/mol. The molecule has 234 valence electrons. The van der Waals surface area contributed by atoms with Gasteiger partial charge in [-0.1, -0.05) is 115 Å². The maximum absolute atomic E-state index is 6.01. The third kappa shape index (κ3) is 6.30. The smallest absolute Gasteiger partial charge is 0.136 e. The summed E-state index contributed by atoms with van der Waals surface area (Å²) >= 11 is 4.76. The summed E-state index contributed by atoms with van der Waals surface area (Å²) in [5.74, 6) is 6.85. The third-order valence-electron chi connectivity index (χ3n) is 8.96. The molecule has 0 bridgehead atoms. The Hall–Kier alpha value is -5.37. The van der Waals surface area contributed by atoms with Crippen molar-refractivity contribution in [1.82, 2.24) is 0 Å². The van der Waals surface area contributed by atoms with Crippen LogP contribution in [0.25, 0.3) is 33.2 Å². The lowest BCUT2D eigenvalue weighted by Gasteiger charge is -2.23. The number of benzene rings is 4. The summed E-state index contributed by atoms with van der Waals surface area (Å²) in [6, 6.07) is 33.0. The van der Waals surface area contributed by atoms with Crippen molar-refractivity contribution in [2.45, 2.75) is 26.2 Å². The van der Waals surface area contributed by atoms with E-state index < -0.39 is 0 Å². The van der Waals surface area contributed by atoms with Gasteiger partial charge >= 0.3 is 0 Å². The van der Waals surface area contributed by atoms with Crippen molar-refractivity contribution in [2.24, 2.45) is 15.9 Å². The number of hydrogen-bond donors (Lipinski definition) is 1. The summed E-state index contributed by atoms with van der Waals surface area (Å²) in [5.41, 5.74) is 12.4. The van der Waals surface area contributed by atoms with E-state index in [0.717, 1.165) is 68.6 Å². The van der Waals surface area contributed by atoms with E-state index in [1.807, 2.05) is 61.5 Å². The second kappa shape index (κ2) is 14.2. The van der Waals surface area contributed by atoms with E-state index >= 15 is 0 Å². The van der Waals surface area contributed by atoms with Crippen LogP contribution in [0.4, 0.5) is 0 Å². The minimum atomic E-state index is 0.313. The molecule has 0 fully saturated rings. The lowest BCUT2D eigenvalue weighted by Crippen LogP contribution is -2.09. The van der Waals surface area contributed by atoms with Crippen LogP contribution in [0.15, 0.2) is 158 Å². The lowest BCUT2D eigenvalue weighted by molar-refractivity contribution is 0.669. The minimum Gasteiger partial charge on any atom is -0.456 e. The van der Waals surface area contributed by atoms with E-state index in [-0.39, 0.29) is 0 Å². The van der Waals surface area contributed by atoms with Gasteiger partial charge in [0.1, 0.15) is 11.2 Å². The van der Waals surface area contributed by atoms with Crippen molar-refractivity contribution in [3.8, 4) is 11.8 Å². The number of para-hydroxylation sites is 1. The number of nitrogens with zero attached hydrogens (tertiary/aromatic N) is 2. The van der Waals surface area contributed by atoms with E-state index in [0.29, 0.717) is 12.5 Å². The van der Waals surface area contributed by atoms with Gasteiger partial charge in [-0.05, 0) is 83.5 Å². The van der Waals surface area contributed by atoms with Gasteiger partial charge in [-0.15, -0.1) is 12.6 Å². The van der Waals surface area contributed by atoms with Gasteiger partial charge in [-0.2, -0.15) is 0 Å². The van der Waals surface area contributed by atoms with Crippen LogP contribution >= 0.6 is 12.6 Å². The summed E-state index contributed by atoms with van der Waals surface area (Å²) in [7, 11) is 0. The first kappa shape index (κ1) is 31.2. The molecule has 0 radical (unpaired) electrons. The van der Waals surface area contributed by atoms with E-state index in [4.69, 9.17) is 17.0 Å². The number of fused-ring (bicyclic) bond motifs is 5. The highest BCUT2D eigenvalue weighted by Gasteiger charge is 2.29. The van der Waals surface area contributed by atoms with Crippen LogP contribution in [0.2, 0.25) is 0 Å². The average Bonchev–Trinajstić information content (AvgIpc) is 3.56. The normalized spacial score (nSPS) is 17.0. The first-order valence-electron chi connectivity index (χ1n) is 16.4. The molecule has 8 rings (SSSR count). The van der Waals surface area contributed by atoms with E-state index in [1.54, 1.807) is 0 Å². The number of rotatable bonds is 6. The van der Waals surface area contributed by atoms with Crippen LogP contribution in [0, 0.1) is 17.8 Å². The molecule has 0 saturated heterocycles. The SMILES string of the molecule is C=N/C(=C\C(=NCC)c1ccccc1)c1cccc2oc3ccccc3c12.SC1=CC2=C(CC1C1=CC=CCC#C1)c1ccccc1C2. The standard InChI is InChI=1S/C24H20N2O.C20H16S/c1-3-26-20(17-10-5-4-6-11-17)16-21(25-2)18-13-9-15-23-24(18)19-12-7-8-14-22(19)27-23;21-20-12-16-11-15-9-5-6-10-17(15)18(16)13-19(20)14-7-3-1-2-4-8-14/h4-16H,2-3H2,1H3;1,3,5-7,9-10,12,19,21H,2,11,13H2/b21-16-,26-20?;. The van der Waals surface area contributed by atoms with E-state index in [1.165, 1.54) is 27.8 Å². The zero-order valence-electron chi connectivity index (χ0n) is 27.0. The monoisotopic (exact) mass is 640 g/mol. The number of furan rings is 1. The Morgan fingerprint density at radius 2 is 1.75 bits per heavy atom. The first-order valence-corrected chi connectivity index (χ1v) is 16.8. The first-order chi connectivity index (χ1) is 23.6. The Kier molecular flexibility index (Phi) is 9.23. The fraction of sp³-hybridized carbons (Fsp3) is 0.136. The Balaban J connectivity index is 0.000000156. The molecule has 0 spiro atoms. The molecule has 1 atom stereocenters. The van der Waals surface area contributed by atoms with Gasteiger partial charge in [0.25, 0.3) is 0 Å². The summed E-state index contributed by atoms with van der Waals surface area (Å²) in [4.78, 5) is 10.1. The van der Waals surface area contributed by atoms with Gasteiger partial charge in [0, 0.05) is 40.8 Å². The molecular formula is C44H36N2OS. The Bertz CT molecular complexity index is 2280. The van der Waals surface area contributed by atoms with Gasteiger partial charge < -0.3 is 4.42 Å². The van der Waals surface area contributed by atoms with Crippen LogP contribution in [-0.2, 0) is 6.42 Å². The van der Waals surface area contributed by atoms with Crippen molar-refractivity contribution < 1.29 is 4.42 Å². The Labute approximate surface area is 287 Å². The zero-order chi connectivity index (χ0) is 32.9. The van der Waals surface area contributed by atoms with Crippen LogP contribution in [0.1, 0.15) is 42.0 Å². The fourth-order valence-electron chi connectivity index (χ4n) is 6.71. The molecule has 1 heterocycles. The fourth-order valence-corrected chi connectivity index (χ4v) is 7.10. The van der Waals surface area contributed by atoms with Gasteiger partial charge in [-0.3, -0.25) is 9.98 Å². The second-order valence-corrected chi connectivity index (χ2v) is 12.4. The summed E-state index contributed by atoms with van der Waals surface area (Å²) in [6.45, 7) is 6.54. The van der Waals surface area contributed by atoms with E-state index in [9.17, 15) is 0 Å². The van der Waals surface area contributed by atoms with Gasteiger partial charge in [-0.25, -0.2) is 0 Å². The maximum atomic E-state index is 6.01. The zero-order valence-corrected chi connectivity index (χ0v) is 27.9. The summed E-state index contributed by atoms with van der Waals surface area (Å²) in [6.07, 6.45) is 13.6. The highest BCUT2D eigenvalue weighted by Crippen LogP contribution is 2.45. The summed E-state index contributed by atoms with van der Waals surface area (Å²) in [5, 5.41) is 2.13. The van der Waals surface area contributed by atoms with Crippen molar-refractivity contribution in [1.29, 1.82) is 0 Å². The van der Waals surface area contributed by atoms with E-state index in [2.05, 4.69) is 101 Å². The highest BCUT2D eigenvalue weighted by atomic mass is 32.1. The van der Waals surface area contributed by atoms with Gasteiger partial charge in [0.15, 0.2) is 0 Å². The molecule has 3 nitrogen and oxygen atoms in total. The van der Waals surface area contributed by atoms with Crippen LogP contribution in [0.5, 0.6) is 0 Å². The Morgan fingerprint density at radius 1 is 0.958 bits per heavy atom. The molecule has 0 amide bonds. The number of aliphatic imine (C=N–C) groups is 2. The molecule has 3 aliphatic rings. The molecule has 1 aromatic heterocycles.